The first-order chi connectivity index (χ1) is 13.7. The zero-order valence-corrected chi connectivity index (χ0v) is 19.0. The van der Waals surface area contributed by atoms with Gasteiger partial charge in [0, 0.05) is 30.9 Å². The number of fused-ring (bicyclic) bond motifs is 2. The second kappa shape index (κ2) is 10.9. The van der Waals surface area contributed by atoms with E-state index in [1.165, 1.54) is 9.58 Å². The normalized spacial score (nSPS) is 10.2. The molecule has 0 fully saturated rings. The van der Waals surface area contributed by atoms with Gasteiger partial charge in [0.1, 0.15) is 0 Å². The first kappa shape index (κ1) is 22.8. The minimum atomic E-state index is 0. The van der Waals surface area contributed by atoms with Crippen LogP contribution in [-0.2, 0) is 0 Å². The van der Waals surface area contributed by atoms with Gasteiger partial charge in [0.25, 0.3) is 0 Å². The standard InChI is InChI=1S/C24H26N3S.BrH/c1-5-13-26(14-6-2)19-9-11-21-23(17-19)28-24-18-20(10-12-22(24)25-21)27(15-7-3)16-8-4;/h5-12,17-18H,1-4,13-16H2;1H/q+1;/p-1. The van der Waals surface area contributed by atoms with E-state index in [9.17, 15) is 0 Å². The van der Waals surface area contributed by atoms with Crippen molar-refractivity contribution in [3.8, 4) is 10.6 Å². The van der Waals surface area contributed by atoms with Gasteiger partial charge in [-0.3, -0.25) is 0 Å². The molecule has 0 N–H and O–H groups in total. The zero-order valence-electron chi connectivity index (χ0n) is 16.6. The highest BCUT2D eigenvalue weighted by molar-refractivity contribution is 7.21. The summed E-state index contributed by atoms with van der Waals surface area (Å²) in [5, 5.41) is 1.15. The van der Waals surface area contributed by atoms with E-state index in [1.807, 2.05) is 24.3 Å². The maximum atomic E-state index is 4.86. The van der Waals surface area contributed by atoms with Crippen LogP contribution in [0.4, 0.5) is 5.69 Å². The van der Waals surface area contributed by atoms with Gasteiger partial charge in [-0.05, 0) is 36.4 Å². The van der Waals surface area contributed by atoms with Crippen LogP contribution in [0.2, 0.25) is 0 Å². The highest BCUT2D eigenvalue weighted by Crippen LogP contribution is 2.31. The zero-order chi connectivity index (χ0) is 19.9. The van der Waals surface area contributed by atoms with Gasteiger partial charge in [0.15, 0.2) is 13.1 Å². The summed E-state index contributed by atoms with van der Waals surface area (Å²) < 4.78 is 3.40. The lowest BCUT2D eigenvalue weighted by molar-refractivity contribution is -0.00000554. The first-order valence-corrected chi connectivity index (χ1v) is 10.1. The fraction of sp³-hybridized carbons (Fsp3) is 0.167. The average Bonchev–Trinajstić information content (AvgIpc) is 2.71. The number of halogens is 1. The molecule has 2 aliphatic rings. The van der Waals surface area contributed by atoms with Crippen LogP contribution in [0.1, 0.15) is 0 Å². The predicted molar refractivity (Wildman–Crippen MR) is 124 cm³/mol. The maximum absolute atomic E-state index is 4.86. The third kappa shape index (κ3) is 5.31. The summed E-state index contributed by atoms with van der Waals surface area (Å²) in [5.74, 6) is 0. The molecule has 1 aliphatic carbocycles. The summed E-state index contributed by atoms with van der Waals surface area (Å²) in [7, 11) is 0. The van der Waals surface area contributed by atoms with E-state index in [0.29, 0.717) is 0 Å². The monoisotopic (exact) mass is 467 g/mol. The highest BCUT2D eigenvalue weighted by Gasteiger charge is 2.12. The molecule has 1 aromatic carbocycles. The molecular weight excluding hydrogens is 442 g/mol. The van der Waals surface area contributed by atoms with E-state index in [1.54, 1.807) is 11.3 Å². The van der Waals surface area contributed by atoms with Crippen molar-refractivity contribution in [2.45, 2.75) is 0 Å². The van der Waals surface area contributed by atoms with E-state index in [4.69, 9.17) is 4.98 Å². The molecule has 1 aromatic rings. The first-order valence-electron chi connectivity index (χ1n) is 9.31. The Morgan fingerprint density at radius 2 is 1.59 bits per heavy atom. The van der Waals surface area contributed by atoms with Crippen molar-refractivity contribution in [1.82, 2.24) is 9.56 Å². The Morgan fingerprint density at radius 1 is 0.897 bits per heavy atom. The molecule has 0 bridgehead atoms. The quantitative estimate of drug-likeness (QED) is 0.271. The van der Waals surface area contributed by atoms with Crippen molar-refractivity contribution in [3.05, 3.63) is 92.4 Å². The van der Waals surface area contributed by atoms with Crippen LogP contribution in [0.15, 0.2) is 87.0 Å². The fourth-order valence-electron chi connectivity index (χ4n) is 3.19. The molecule has 1 aliphatic heterocycles. The maximum Gasteiger partial charge on any atom is 0.202 e. The minimum Gasteiger partial charge on any atom is -1.00 e. The van der Waals surface area contributed by atoms with Crippen molar-refractivity contribution >= 4 is 27.2 Å². The molecule has 5 heteroatoms. The second-order valence-corrected chi connectivity index (χ2v) is 7.57. The molecule has 0 saturated carbocycles. The van der Waals surface area contributed by atoms with Crippen LogP contribution < -0.4 is 31.8 Å². The fourth-order valence-corrected chi connectivity index (χ4v) is 4.22. The van der Waals surface area contributed by atoms with E-state index in [0.717, 1.165) is 48.4 Å². The lowest BCUT2D eigenvalue weighted by atomic mass is 10.2. The molecule has 0 saturated heterocycles. The summed E-state index contributed by atoms with van der Waals surface area (Å²) >= 11 is 1.77. The van der Waals surface area contributed by atoms with E-state index in [-0.39, 0.29) is 17.0 Å². The Morgan fingerprint density at radius 3 is 2.21 bits per heavy atom. The molecule has 0 atom stereocenters. The Balaban J connectivity index is 0.00000300. The summed E-state index contributed by atoms with van der Waals surface area (Å²) in [6.07, 6.45) is 7.65. The summed E-state index contributed by atoms with van der Waals surface area (Å²) in [6.45, 7) is 18.6. The number of hydrogen-bond acceptors (Lipinski definition) is 3. The molecule has 0 unspecified atom stereocenters. The lowest BCUT2D eigenvalue weighted by Gasteiger charge is -2.22. The molecule has 0 spiro atoms. The number of benzene rings is 2. The number of rotatable bonds is 9. The van der Waals surface area contributed by atoms with Gasteiger partial charge in [-0.2, -0.15) is 0 Å². The van der Waals surface area contributed by atoms with Crippen molar-refractivity contribution in [2.24, 2.45) is 0 Å². The third-order valence-electron chi connectivity index (χ3n) is 4.48. The minimum absolute atomic E-state index is 0. The molecule has 150 valence electrons. The van der Waals surface area contributed by atoms with Crippen LogP contribution in [-0.4, -0.2) is 31.2 Å². The second-order valence-electron chi connectivity index (χ2n) is 6.48. The van der Waals surface area contributed by atoms with Gasteiger partial charge in [0.05, 0.1) is 20.8 Å². The van der Waals surface area contributed by atoms with E-state index >= 15 is 0 Å². The SMILES string of the molecule is C=CCN(CC=C)c1ccc2nc3ccc(=[N+](CC=C)CC=C)cc-3sc2c1.[Br-]. The molecule has 3 nitrogen and oxygen atoms in total. The van der Waals surface area contributed by atoms with Crippen molar-refractivity contribution in [3.63, 3.8) is 0 Å². The molecule has 0 radical (unpaired) electrons. The van der Waals surface area contributed by atoms with Crippen LogP contribution in [0, 0.1) is 0 Å². The van der Waals surface area contributed by atoms with E-state index < -0.39 is 0 Å². The van der Waals surface area contributed by atoms with E-state index in [2.05, 4.69) is 72.2 Å². The van der Waals surface area contributed by atoms with Crippen molar-refractivity contribution in [2.75, 3.05) is 31.1 Å². The third-order valence-corrected chi connectivity index (χ3v) is 5.57. The molecule has 0 aromatic heterocycles. The number of hydrogen-bond donors (Lipinski definition) is 0. The molecule has 29 heavy (non-hydrogen) atoms. The van der Waals surface area contributed by atoms with Crippen LogP contribution >= 0.6 is 11.3 Å². The topological polar surface area (TPSA) is 19.1 Å². The Labute approximate surface area is 187 Å². The average molecular weight is 468 g/mol. The van der Waals surface area contributed by atoms with Crippen LogP contribution in [0.3, 0.4) is 0 Å². The predicted octanol–water partition coefficient (Wildman–Crippen LogP) is 1.73. The number of aromatic nitrogens is 1. The summed E-state index contributed by atoms with van der Waals surface area (Å²) in [6, 6.07) is 12.8. The van der Waals surface area contributed by atoms with Gasteiger partial charge in [-0.15, -0.1) is 24.5 Å². The lowest BCUT2D eigenvalue weighted by Crippen LogP contribution is -3.00. The summed E-state index contributed by atoms with van der Waals surface area (Å²) in [4.78, 5) is 8.26. The van der Waals surface area contributed by atoms with Gasteiger partial charge >= 0.3 is 0 Å². The Kier molecular flexibility index (Phi) is 8.55. The molecule has 3 rings (SSSR count). The largest absolute Gasteiger partial charge is 1.00 e. The summed E-state index contributed by atoms with van der Waals surface area (Å²) in [5.41, 5.74) is 3.18. The molecule has 1 heterocycles. The molecule has 0 amide bonds. The number of nitrogens with zero attached hydrogens (tertiary/aromatic N) is 3. The van der Waals surface area contributed by atoms with Crippen molar-refractivity contribution < 1.29 is 17.0 Å². The molecular formula is C24H26BrN3S. The highest BCUT2D eigenvalue weighted by atomic mass is 79.9. The Hall–Kier alpha value is -2.50. The van der Waals surface area contributed by atoms with Gasteiger partial charge < -0.3 is 21.9 Å². The van der Waals surface area contributed by atoms with Gasteiger partial charge in [-0.1, -0.05) is 25.3 Å². The van der Waals surface area contributed by atoms with Crippen LogP contribution in [0.25, 0.3) is 20.8 Å². The van der Waals surface area contributed by atoms with Gasteiger partial charge in [-0.25, -0.2) is 9.56 Å². The number of anilines is 1. The smallest absolute Gasteiger partial charge is 0.202 e. The van der Waals surface area contributed by atoms with Crippen LogP contribution in [0.5, 0.6) is 0 Å². The Bertz CT molecular complexity index is 1050. The van der Waals surface area contributed by atoms with Crippen molar-refractivity contribution in [1.29, 1.82) is 0 Å². The van der Waals surface area contributed by atoms with Gasteiger partial charge in [0.2, 0.25) is 5.36 Å².